The van der Waals surface area contributed by atoms with Crippen LogP contribution in [0.5, 0.6) is 5.75 Å². The quantitative estimate of drug-likeness (QED) is 0.390. The molecular formula is C19H25ClNNaO4. The molecule has 138 valence electrons. The SMILES string of the molecule is CC(=O)Oc1ccc(CC(C)NCC(O)c2cccc(Cl)c2)cc1.O.[H-].[Na+]. The Labute approximate surface area is 182 Å². The van der Waals surface area contributed by atoms with Crippen molar-refractivity contribution in [3.8, 4) is 5.75 Å². The van der Waals surface area contributed by atoms with Gasteiger partial charge in [0, 0.05) is 24.5 Å². The molecule has 0 bridgehead atoms. The van der Waals surface area contributed by atoms with E-state index in [0.717, 1.165) is 17.5 Å². The van der Waals surface area contributed by atoms with Gasteiger partial charge in [-0.15, -0.1) is 0 Å². The molecule has 2 atom stereocenters. The van der Waals surface area contributed by atoms with Gasteiger partial charge in [0.25, 0.3) is 0 Å². The molecule has 2 aromatic carbocycles. The van der Waals surface area contributed by atoms with Gasteiger partial charge in [-0.1, -0.05) is 35.9 Å². The Morgan fingerprint density at radius 3 is 2.50 bits per heavy atom. The molecule has 0 spiro atoms. The number of rotatable bonds is 7. The molecule has 0 aliphatic carbocycles. The standard InChI is InChI=1S/C19H22ClNO3.Na.H2O.H/c1-13(10-15-6-8-18(9-7-15)24-14(2)22)21-12-19(23)16-4-3-5-17(20)11-16;;;/h3-9,11,13,19,21,23H,10,12H2,1-2H3;;1H2;/q;+1;;-1. The number of hydrogen-bond acceptors (Lipinski definition) is 4. The summed E-state index contributed by atoms with van der Waals surface area (Å²) in [5.74, 6) is 0.219. The number of carbonyl (C=O) groups excluding carboxylic acids is 1. The Morgan fingerprint density at radius 2 is 1.92 bits per heavy atom. The largest absolute Gasteiger partial charge is 1.00 e. The van der Waals surface area contributed by atoms with Gasteiger partial charge in [0.1, 0.15) is 5.75 Å². The van der Waals surface area contributed by atoms with Gasteiger partial charge >= 0.3 is 35.5 Å². The molecule has 5 nitrogen and oxygen atoms in total. The van der Waals surface area contributed by atoms with Crippen LogP contribution in [-0.4, -0.2) is 29.1 Å². The van der Waals surface area contributed by atoms with E-state index in [1.54, 1.807) is 24.3 Å². The molecule has 0 amide bonds. The summed E-state index contributed by atoms with van der Waals surface area (Å²) in [7, 11) is 0. The predicted molar refractivity (Wildman–Crippen MR) is 100 cm³/mol. The molecule has 0 fully saturated rings. The van der Waals surface area contributed by atoms with E-state index in [9.17, 15) is 9.90 Å². The molecule has 0 radical (unpaired) electrons. The Bertz CT molecular complexity index is 688. The number of carbonyl (C=O) groups is 1. The minimum atomic E-state index is -0.600. The molecule has 0 aliphatic heterocycles. The van der Waals surface area contributed by atoms with E-state index < -0.39 is 6.10 Å². The number of benzene rings is 2. The molecule has 4 N–H and O–H groups in total. The van der Waals surface area contributed by atoms with Crippen LogP contribution in [0, 0.1) is 0 Å². The van der Waals surface area contributed by atoms with Crippen LogP contribution in [0.15, 0.2) is 48.5 Å². The smallest absolute Gasteiger partial charge is 1.00 e. The first-order valence-corrected chi connectivity index (χ1v) is 8.26. The maximum Gasteiger partial charge on any atom is 1.00 e. The van der Waals surface area contributed by atoms with Crippen molar-refractivity contribution in [1.29, 1.82) is 0 Å². The fraction of sp³-hybridized carbons (Fsp3) is 0.316. The normalized spacial score (nSPS) is 12.3. The van der Waals surface area contributed by atoms with Gasteiger partial charge in [0.05, 0.1) is 6.10 Å². The second-order valence-corrected chi connectivity index (χ2v) is 6.26. The van der Waals surface area contributed by atoms with Gasteiger partial charge in [0.15, 0.2) is 0 Å². The minimum absolute atomic E-state index is 0. The summed E-state index contributed by atoms with van der Waals surface area (Å²) in [6.45, 7) is 3.89. The zero-order chi connectivity index (χ0) is 17.5. The fourth-order valence-electron chi connectivity index (χ4n) is 2.43. The van der Waals surface area contributed by atoms with Crippen LogP contribution in [0.1, 0.15) is 32.5 Å². The van der Waals surface area contributed by atoms with E-state index >= 15 is 0 Å². The van der Waals surface area contributed by atoms with Crippen LogP contribution >= 0.6 is 11.6 Å². The summed E-state index contributed by atoms with van der Waals surface area (Å²) in [4.78, 5) is 10.9. The summed E-state index contributed by atoms with van der Waals surface area (Å²) in [5.41, 5.74) is 1.93. The van der Waals surface area contributed by atoms with Gasteiger partial charge in [-0.05, 0) is 48.7 Å². The first-order valence-electron chi connectivity index (χ1n) is 7.88. The Morgan fingerprint density at radius 1 is 1.27 bits per heavy atom. The third-order valence-corrected chi connectivity index (χ3v) is 3.86. The molecule has 7 heteroatoms. The van der Waals surface area contributed by atoms with E-state index in [1.807, 2.05) is 24.3 Å². The van der Waals surface area contributed by atoms with Crippen molar-refractivity contribution in [1.82, 2.24) is 5.32 Å². The summed E-state index contributed by atoms with van der Waals surface area (Å²) in [6.07, 6.45) is 0.209. The van der Waals surface area contributed by atoms with Gasteiger partial charge in [-0.2, -0.15) is 0 Å². The maximum absolute atomic E-state index is 10.9. The number of aliphatic hydroxyl groups excluding tert-OH is 1. The van der Waals surface area contributed by atoms with Crippen LogP contribution in [0.3, 0.4) is 0 Å². The molecule has 2 unspecified atom stereocenters. The van der Waals surface area contributed by atoms with Crippen molar-refractivity contribution in [3.63, 3.8) is 0 Å². The Hall–Kier alpha value is -0.920. The first kappa shape index (κ1) is 25.1. The number of ether oxygens (including phenoxy) is 1. The summed E-state index contributed by atoms with van der Waals surface area (Å²) in [5, 5.41) is 14.1. The molecule has 0 heterocycles. The average molecular weight is 390 g/mol. The summed E-state index contributed by atoms with van der Waals surface area (Å²) >= 11 is 5.94. The zero-order valence-electron chi connectivity index (χ0n) is 16.3. The number of hydrogen-bond donors (Lipinski definition) is 2. The van der Waals surface area contributed by atoms with Crippen molar-refractivity contribution in [2.75, 3.05) is 6.54 Å². The molecule has 0 aromatic heterocycles. The van der Waals surface area contributed by atoms with Crippen molar-refractivity contribution >= 4 is 17.6 Å². The van der Waals surface area contributed by atoms with E-state index in [0.29, 0.717) is 17.3 Å². The van der Waals surface area contributed by atoms with Gasteiger partial charge in [0.2, 0.25) is 0 Å². The monoisotopic (exact) mass is 389 g/mol. The number of aliphatic hydroxyl groups is 1. The molecule has 0 aliphatic rings. The van der Waals surface area contributed by atoms with Crippen LogP contribution < -0.4 is 39.6 Å². The van der Waals surface area contributed by atoms with E-state index in [4.69, 9.17) is 16.3 Å². The topological polar surface area (TPSA) is 90.1 Å². The maximum atomic E-state index is 10.9. The molecule has 2 rings (SSSR count). The third-order valence-electron chi connectivity index (χ3n) is 3.62. The molecule has 2 aromatic rings. The molecule has 0 saturated heterocycles. The van der Waals surface area contributed by atoms with Crippen LogP contribution in [0.4, 0.5) is 0 Å². The Kier molecular flexibility index (Phi) is 12.0. The average Bonchev–Trinajstić information content (AvgIpc) is 2.54. The van der Waals surface area contributed by atoms with Gasteiger partial charge in [-0.25, -0.2) is 0 Å². The van der Waals surface area contributed by atoms with Gasteiger partial charge < -0.3 is 22.1 Å². The molecule has 26 heavy (non-hydrogen) atoms. The van der Waals surface area contributed by atoms with E-state index in [-0.39, 0.29) is 48.5 Å². The van der Waals surface area contributed by atoms with Crippen molar-refractivity contribution in [3.05, 3.63) is 64.7 Å². The molecule has 0 saturated carbocycles. The number of esters is 1. The molecular weight excluding hydrogens is 365 g/mol. The third kappa shape index (κ3) is 8.64. The van der Waals surface area contributed by atoms with Gasteiger partial charge in [-0.3, -0.25) is 4.79 Å². The van der Waals surface area contributed by atoms with E-state index in [2.05, 4.69) is 12.2 Å². The number of halogens is 1. The second-order valence-electron chi connectivity index (χ2n) is 5.82. The minimum Gasteiger partial charge on any atom is -1.00 e. The van der Waals surface area contributed by atoms with Crippen LogP contribution in [0.25, 0.3) is 0 Å². The van der Waals surface area contributed by atoms with Crippen molar-refractivity contribution in [2.24, 2.45) is 0 Å². The van der Waals surface area contributed by atoms with Crippen molar-refractivity contribution < 1.29 is 51.1 Å². The van der Waals surface area contributed by atoms with Crippen LogP contribution in [-0.2, 0) is 11.2 Å². The Balaban J connectivity index is 0. The zero-order valence-corrected chi connectivity index (χ0v) is 18.1. The summed E-state index contributed by atoms with van der Waals surface area (Å²) < 4.78 is 5.01. The summed E-state index contributed by atoms with van der Waals surface area (Å²) in [6, 6.07) is 14.9. The van der Waals surface area contributed by atoms with Crippen LogP contribution in [0.2, 0.25) is 5.02 Å². The number of nitrogens with one attached hydrogen (secondary N) is 1. The fourth-order valence-corrected chi connectivity index (χ4v) is 2.63. The predicted octanol–water partition coefficient (Wildman–Crippen LogP) is -0.189. The second kappa shape index (κ2) is 12.5. The first-order chi connectivity index (χ1) is 11.4. The van der Waals surface area contributed by atoms with Crippen molar-refractivity contribution in [2.45, 2.75) is 32.4 Å². The van der Waals surface area contributed by atoms with E-state index in [1.165, 1.54) is 6.92 Å².